The number of aromatic nitrogens is 1. The number of unbranched alkanes of at least 4 members (excludes halogenated alkanes) is 2. The van der Waals surface area contributed by atoms with Crippen LogP contribution in [-0.4, -0.2) is 92.8 Å². The third-order valence-electron chi connectivity index (χ3n) is 10.0. The van der Waals surface area contributed by atoms with Gasteiger partial charge in [0.15, 0.2) is 0 Å². The highest BCUT2D eigenvalue weighted by Gasteiger charge is 2.39. The van der Waals surface area contributed by atoms with Crippen molar-refractivity contribution in [2.24, 2.45) is 11.3 Å². The van der Waals surface area contributed by atoms with E-state index in [1.807, 2.05) is 66.6 Å². The van der Waals surface area contributed by atoms with Crippen LogP contribution in [0.1, 0.15) is 70.2 Å². The van der Waals surface area contributed by atoms with Crippen LogP contribution in [-0.2, 0) is 30.5 Å². The van der Waals surface area contributed by atoms with E-state index in [-0.39, 0.29) is 53.7 Å². The minimum absolute atomic E-state index is 0.0363. The van der Waals surface area contributed by atoms with E-state index in [0.717, 1.165) is 59.6 Å². The molecule has 1 fully saturated rings. The Kier molecular flexibility index (Phi) is 14.6. The van der Waals surface area contributed by atoms with Crippen LogP contribution < -0.4 is 10.6 Å². The summed E-state index contributed by atoms with van der Waals surface area (Å²) in [7, 11) is 0. The Bertz CT molecular complexity index is 1890. The fourth-order valence-corrected chi connectivity index (χ4v) is 8.20. The van der Waals surface area contributed by atoms with Gasteiger partial charge in [-0.25, -0.2) is 13.6 Å². The van der Waals surface area contributed by atoms with Gasteiger partial charge in [-0.3, -0.25) is 24.1 Å². The monoisotopic (exact) mass is 791 g/mol. The molecule has 14 heteroatoms. The third-order valence-corrected chi connectivity index (χ3v) is 11.1. The topological polar surface area (TPSA) is 141 Å². The maximum absolute atomic E-state index is 15.2. The lowest BCUT2D eigenvalue weighted by Crippen LogP contribution is -2.46. The fourth-order valence-electron chi connectivity index (χ4n) is 7.28. The van der Waals surface area contributed by atoms with Gasteiger partial charge in [0, 0.05) is 67.0 Å². The van der Waals surface area contributed by atoms with Crippen molar-refractivity contribution in [3.63, 3.8) is 0 Å². The molecule has 0 radical (unpaired) electrons. The number of imide groups is 1. The summed E-state index contributed by atoms with van der Waals surface area (Å²) < 4.78 is 31.6. The molecule has 2 aliphatic rings. The van der Waals surface area contributed by atoms with Crippen molar-refractivity contribution in [1.29, 1.82) is 0 Å². The highest BCUT2D eigenvalue weighted by atomic mass is 32.2. The molecule has 1 unspecified atom stereocenters. The summed E-state index contributed by atoms with van der Waals surface area (Å²) in [6, 6.07) is 13.2. The maximum Gasteiger partial charge on any atom is 0.327 e. The summed E-state index contributed by atoms with van der Waals surface area (Å²) in [6.45, 7) is 8.80. The zero-order valence-electron chi connectivity index (χ0n) is 32.1. The van der Waals surface area contributed by atoms with Crippen molar-refractivity contribution < 1.29 is 37.9 Å². The van der Waals surface area contributed by atoms with Gasteiger partial charge in [-0.2, -0.15) is 0 Å². The molecule has 3 heterocycles. The lowest BCUT2D eigenvalue weighted by Gasteiger charge is -2.42. The largest absolute Gasteiger partial charge is 0.480 e. The van der Waals surface area contributed by atoms with Gasteiger partial charge >= 0.3 is 5.97 Å². The van der Waals surface area contributed by atoms with E-state index in [4.69, 9.17) is 0 Å². The lowest BCUT2D eigenvalue weighted by atomic mass is 9.82. The maximum atomic E-state index is 15.2. The Morgan fingerprint density at radius 3 is 2.41 bits per heavy atom. The van der Waals surface area contributed by atoms with Crippen molar-refractivity contribution in [3.8, 4) is 11.1 Å². The van der Waals surface area contributed by atoms with Gasteiger partial charge in [-0.05, 0) is 73.5 Å². The Balaban J connectivity index is 1.31. The number of benzene rings is 2. The zero-order chi connectivity index (χ0) is 40.4. The summed E-state index contributed by atoms with van der Waals surface area (Å²) in [4.78, 5) is 65.8. The lowest BCUT2D eigenvalue weighted by molar-refractivity contribution is -0.141. The average Bonchev–Trinajstić information content (AvgIpc) is 3.89. The number of hydrogen-bond donors (Lipinski definition) is 3. The van der Waals surface area contributed by atoms with Crippen LogP contribution in [0, 0.1) is 23.0 Å². The molecule has 0 aliphatic carbocycles. The van der Waals surface area contributed by atoms with Gasteiger partial charge in [0.05, 0.1) is 11.8 Å². The number of halogens is 2. The second-order valence-electron chi connectivity index (χ2n) is 15.5. The first-order chi connectivity index (χ1) is 26.7. The van der Waals surface area contributed by atoms with E-state index in [2.05, 4.69) is 10.6 Å². The molecule has 4 amide bonds. The molecule has 1 aromatic heterocycles. The number of hydrogen-bond acceptors (Lipinski definition) is 7. The number of carbonyl (C=O) groups is 5. The second-order valence-corrected chi connectivity index (χ2v) is 16.5. The van der Waals surface area contributed by atoms with Crippen LogP contribution in [0.3, 0.4) is 0 Å². The highest BCUT2D eigenvalue weighted by Crippen LogP contribution is 2.42. The normalized spacial score (nSPS) is 16.7. The molecule has 0 bridgehead atoms. The number of rotatable bonds is 19. The average molecular weight is 792 g/mol. The number of nitrogens with zero attached hydrogens (tertiary/aromatic N) is 3. The van der Waals surface area contributed by atoms with Crippen molar-refractivity contribution in [2.75, 3.05) is 37.7 Å². The highest BCUT2D eigenvalue weighted by molar-refractivity contribution is 8.00. The molecule has 2 aliphatic heterocycles. The Morgan fingerprint density at radius 2 is 1.75 bits per heavy atom. The van der Waals surface area contributed by atoms with Gasteiger partial charge in [0.2, 0.25) is 11.8 Å². The predicted molar refractivity (Wildman–Crippen MR) is 211 cm³/mol. The molecule has 3 N–H and O–H groups in total. The van der Waals surface area contributed by atoms with Crippen molar-refractivity contribution in [3.05, 3.63) is 95.8 Å². The molecule has 11 nitrogen and oxygen atoms in total. The third kappa shape index (κ3) is 11.4. The van der Waals surface area contributed by atoms with E-state index in [1.165, 1.54) is 18.2 Å². The molecule has 0 spiro atoms. The number of nitrogens with one attached hydrogen (secondary N) is 2. The minimum atomic E-state index is -1.22. The number of amides is 4. The van der Waals surface area contributed by atoms with Crippen LogP contribution in [0.15, 0.2) is 72.9 Å². The number of carbonyl (C=O) groups excluding carboxylic acids is 4. The van der Waals surface area contributed by atoms with Gasteiger partial charge < -0.3 is 25.2 Å². The number of carboxylic acids is 1. The predicted octanol–water partition coefficient (Wildman–Crippen LogP) is 5.79. The summed E-state index contributed by atoms with van der Waals surface area (Å²) >= 11 is 1.13. The first-order valence-corrected chi connectivity index (χ1v) is 20.2. The zero-order valence-corrected chi connectivity index (χ0v) is 33.0. The smallest absolute Gasteiger partial charge is 0.327 e. The van der Waals surface area contributed by atoms with Crippen LogP contribution in [0.5, 0.6) is 0 Å². The van der Waals surface area contributed by atoms with E-state index in [1.54, 1.807) is 6.20 Å². The summed E-state index contributed by atoms with van der Waals surface area (Å²) in [5, 5.41) is 15.9. The van der Waals surface area contributed by atoms with Gasteiger partial charge in [0.1, 0.15) is 17.7 Å². The Hall–Kier alpha value is -4.82. The molecular weight excluding hydrogens is 741 g/mol. The summed E-state index contributed by atoms with van der Waals surface area (Å²) in [6.07, 6.45) is 6.75. The first-order valence-electron chi connectivity index (χ1n) is 19.0. The van der Waals surface area contributed by atoms with E-state index in [0.29, 0.717) is 37.9 Å². The second kappa shape index (κ2) is 19.4. The fraction of sp³-hybridized carbons (Fsp3) is 0.452. The van der Waals surface area contributed by atoms with E-state index in [9.17, 15) is 33.5 Å². The van der Waals surface area contributed by atoms with Crippen molar-refractivity contribution in [1.82, 2.24) is 25.0 Å². The molecule has 1 saturated heterocycles. The van der Waals surface area contributed by atoms with Crippen LogP contribution in [0.4, 0.5) is 8.78 Å². The number of aliphatic carboxylic acids is 1. The van der Waals surface area contributed by atoms with Crippen molar-refractivity contribution >= 4 is 41.4 Å². The molecule has 56 heavy (non-hydrogen) atoms. The molecular formula is C42H51F2N5O6S. The van der Waals surface area contributed by atoms with Crippen molar-refractivity contribution in [2.45, 2.75) is 71.5 Å². The molecule has 300 valence electrons. The summed E-state index contributed by atoms with van der Waals surface area (Å²) in [5.74, 6) is -3.59. The molecule has 0 saturated carbocycles. The Morgan fingerprint density at radius 1 is 1.02 bits per heavy atom. The number of thioether (sulfide) groups is 1. The first kappa shape index (κ1) is 42.3. The standard InChI is InChI=1S/C42H51F2N5O6S/c1-42(2,3)40(35-20-30(32-21-31(43)13-14-33(32)44)25-47(35)23-28-10-6-4-7-11-28)49(24-29-17-18-45-22-29)39(53)27-56-26-34(41(54)55)46-36(50)12-8-5-9-19-48-37(51)15-16-38(48)52/h4,6-7,10-11,13-16,20-21,25,29,34,40,45H,5,8-9,12,17-19,22-24,26-27H2,1-3H3,(H,46,50)(H,54,55)/t29?,34-,40-/m0/s1. The Labute approximate surface area is 330 Å². The molecule has 2 aromatic carbocycles. The molecule has 3 aromatic rings. The molecule has 5 rings (SSSR count). The SMILES string of the molecule is CC(C)(C)[C@H](c1cc(-c2cc(F)ccc2F)cn1Cc1ccccc1)N(CC1CCNC1)C(=O)CSC[C@H](NC(=O)CCCCCN1C(=O)C=CC1=O)C(=O)O. The van der Waals surface area contributed by atoms with Crippen LogP contribution >= 0.6 is 11.8 Å². The van der Waals surface area contributed by atoms with Gasteiger partial charge in [0.25, 0.3) is 11.8 Å². The van der Waals surface area contributed by atoms with Gasteiger partial charge in [-0.1, -0.05) is 57.5 Å². The van der Waals surface area contributed by atoms with Crippen LogP contribution in [0.25, 0.3) is 11.1 Å². The molecule has 3 atom stereocenters. The summed E-state index contributed by atoms with van der Waals surface area (Å²) in [5.41, 5.74) is 1.83. The minimum Gasteiger partial charge on any atom is -0.480 e. The van der Waals surface area contributed by atoms with E-state index < -0.39 is 41.0 Å². The number of carboxylic acid groups (broad SMARTS) is 1. The quantitative estimate of drug-likeness (QED) is 0.102. The van der Waals surface area contributed by atoms with Crippen LogP contribution in [0.2, 0.25) is 0 Å². The van der Waals surface area contributed by atoms with E-state index >= 15 is 4.39 Å². The van der Waals surface area contributed by atoms with Gasteiger partial charge in [-0.15, -0.1) is 11.8 Å².